The number of imide groups is 1. The van der Waals surface area contributed by atoms with Crippen molar-refractivity contribution in [2.75, 3.05) is 23.7 Å². The summed E-state index contributed by atoms with van der Waals surface area (Å²) in [5.74, 6) is 5.54. The average Bonchev–Trinajstić information content (AvgIpc) is 3.65. The predicted octanol–water partition coefficient (Wildman–Crippen LogP) is 3.04. The largest absolute Gasteiger partial charge is 0.507 e. The summed E-state index contributed by atoms with van der Waals surface area (Å²) in [5.41, 5.74) is 6.75. The molecule has 8 atom stereocenters. The number of primary amides is 1. The van der Waals surface area contributed by atoms with Crippen LogP contribution >= 0.6 is 12.6 Å². The Morgan fingerprint density at radius 2 is 1.56 bits per heavy atom. The number of amides is 8. The van der Waals surface area contributed by atoms with E-state index in [9.17, 15) is 58.5 Å². The molecule has 0 saturated carbocycles. The second-order valence-corrected chi connectivity index (χ2v) is 20.4. The van der Waals surface area contributed by atoms with Crippen molar-refractivity contribution in [2.24, 2.45) is 17.6 Å². The number of aliphatic hydroxyl groups is 2. The van der Waals surface area contributed by atoms with Crippen LogP contribution in [0.5, 0.6) is 5.75 Å². The van der Waals surface area contributed by atoms with Gasteiger partial charge in [0.15, 0.2) is 11.6 Å². The van der Waals surface area contributed by atoms with Gasteiger partial charge in [-0.25, -0.2) is 9.59 Å². The van der Waals surface area contributed by atoms with Crippen molar-refractivity contribution in [2.45, 2.75) is 120 Å². The van der Waals surface area contributed by atoms with Crippen molar-refractivity contribution in [3.8, 4) is 29.4 Å². The van der Waals surface area contributed by atoms with Crippen LogP contribution in [-0.2, 0) is 41.9 Å². The fraction of sp³-hybridized carbons (Fsp3) is 0.411. The molecule has 3 aromatic carbocycles. The SMILES string of the molecule is CC(C)[C@H](NC(=O)CCCCCN1C(=O)CC(S)C1=O)C(=O)N[C@@H](CCCNC(N)=O)C(=O)Nc1ccc(COC(=O)NCc2ccc3c(c2)C(=O)c2c(O)cc4c(c2C3=O)N[C@H]2C#C/C=C\C#C[C@@H](O)C4C2[C@@H](C)O)cc1. The van der Waals surface area contributed by atoms with Crippen molar-refractivity contribution in [1.82, 2.24) is 26.2 Å². The van der Waals surface area contributed by atoms with Gasteiger partial charge in [-0.1, -0.05) is 62.1 Å². The summed E-state index contributed by atoms with van der Waals surface area (Å²) in [6.45, 7) is 5.12. The second kappa shape index (κ2) is 25.8. The number of aromatic hydroxyl groups is 1. The second-order valence-electron chi connectivity index (χ2n) is 19.8. The van der Waals surface area contributed by atoms with Crippen molar-refractivity contribution < 1.29 is 63.2 Å². The van der Waals surface area contributed by atoms with E-state index in [1.54, 1.807) is 51.1 Å². The molecule has 7 rings (SSSR count). The summed E-state index contributed by atoms with van der Waals surface area (Å²) in [7, 11) is 0. The maximum atomic E-state index is 14.3. The summed E-state index contributed by atoms with van der Waals surface area (Å²) in [5, 5.41) is 49.4. The zero-order chi connectivity index (χ0) is 56.4. The number of ether oxygens (including phenoxy) is 1. The number of ketones is 2. The smallest absolute Gasteiger partial charge is 0.407 e. The molecular weight excluding hydrogens is 1020 g/mol. The number of carbonyl (C=O) groups is 9. The highest BCUT2D eigenvalue weighted by Gasteiger charge is 2.46. The van der Waals surface area contributed by atoms with Gasteiger partial charge in [0, 0.05) is 61.1 Å². The fourth-order valence-electron chi connectivity index (χ4n) is 9.87. The molecule has 2 bridgehead atoms. The van der Waals surface area contributed by atoms with E-state index in [0.717, 1.165) is 0 Å². The number of phenols is 1. The zero-order valence-corrected chi connectivity index (χ0v) is 44.0. The van der Waals surface area contributed by atoms with Gasteiger partial charge in [-0.15, -0.1) is 0 Å². The first-order valence-electron chi connectivity index (χ1n) is 25.6. The molecule has 4 aliphatic rings. The zero-order valence-electron chi connectivity index (χ0n) is 43.1. The summed E-state index contributed by atoms with van der Waals surface area (Å²) >= 11 is 4.13. The van der Waals surface area contributed by atoms with Crippen LogP contribution in [0.2, 0.25) is 0 Å². The van der Waals surface area contributed by atoms with Gasteiger partial charge in [-0.2, -0.15) is 12.6 Å². The van der Waals surface area contributed by atoms with Crippen molar-refractivity contribution >= 4 is 77.2 Å². The number of carbonyl (C=O) groups excluding carboxylic acids is 9. The minimum Gasteiger partial charge on any atom is -0.507 e. The van der Waals surface area contributed by atoms with E-state index in [4.69, 9.17) is 10.5 Å². The number of unbranched alkanes of at least 4 members (excludes halogenated alkanes) is 2. The van der Waals surface area contributed by atoms with Crippen molar-refractivity contribution in [3.05, 3.63) is 99.6 Å². The number of rotatable bonds is 21. The molecule has 0 radical (unpaired) electrons. The standard InChI is InChI=1S/C56H62N8O13S/c1-29(2)48(63-42(68)15-9-6-10-23-64-43(69)26-41(78)54(64)74)53(73)62-38(13-11-22-58-55(57)75)52(72)60-33-19-16-31(17-20-33)28-77-56(76)59-27-32-18-21-34-35(24-32)51(71)46-40(67)25-36-45-39(66)14-8-5-4-7-12-37(44(45)30(3)65)61-49(36)47(46)50(34)70/h4-5,16-21,24-25,29-30,37-39,41,44-45,48,61,65-67,78H,6,9-11,13,15,22-23,26-28H2,1-3H3,(H,59,76)(H,60,72)(H,62,73)(H,63,68)(H3,57,58,75)/b5-4-/t30-,37+,38+,39-,41?,44?,45?,48+/m1/s1. The van der Waals surface area contributed by atoms with Crippen LogP contribution in [0, 0.1) is 35.5 Å². The van der Waals surface area contributed by atoms with Crippen LogP contribution in [0.1, 0.15) is 120 Å². The molecule has 410 valence electrons. The third-order valence-electron chi connectivity index (χ3n) is 13.8. The number of nitrogens with zero attached hydrogens (tertiary/aromatic N) is 1. The maximum Gasteiger partial charge on any atom is 0.407 e. The summed E-state index contributed by atoms with van der Waals surface area (Å²) in [6, 6.07) is 8.51. The van der Waals surface area contributed by atoms with Gasteiger partial charge in [0.1, 0.15) is 30.5 Å². The van der Waals surface area contributed by atoms with E-state index in [2.05, 4.69) is 68.2 Å². The Labute approximate surface area is 455 Å². The van der Waals surface area contributed by atoms with E-state index in [1.165, 1.54) is 35.3 Å². The minimum atomic E-state index is -1.32. The lowest BCUT2D eigenvalue weighted by molar-refractivity contribution is -0.138. The molecule has 1 fully saturated rings. The van der Waals surface area contributed by atoms with Crippen LogP contribution < -0.4 is 37.6 Å². The normalized spacial score (nSPS) is 20.3. The molecule has 8 amide bonds. The number of phenolic OH excluding ortho intramolecular Hbond substituents is 1. The maximum absolute atomic E-state index is 14.3. The summed E-state index contributed by atoms with van der Waals surface area (Å²) in [6.07, 6.45) is 1.89. The van der Waals surface area contributed by atoms with E-state index in [-0.39, 0.29) is 104 Å². The monoisotopic (exact) mass is 1090 g/mol. The Morgan fingerprint density at radius 1 is 0.859 bits per heavy atom. The van der Waals surface area contributed by atoms with Crippen molar-refractivity contribution in [3.63, 3.8) is 0 Å². The van der Waals surface area contributed by atoms with E-state index in [0.29, 0.717) is 41.6 Å². The lowest BCUT2D eigenvalue weighted by Gasteiger charge is -2.42. The molecule has 22 heteroatoms. The Bertz CT molecular complexity index is 3050. The number of thiol groups is 1. The Kier molecular flexibility index (Phi) is 19.0. The average molecular weight is 1090 g/mol. The Balaban J connectivity index is 0.919. The van der Waals surface area contributed by atoms with E-state index in [1.807, 2.05) is 0 Å². The number of allylic oxidation sites excluding steroid dienone is 2. The van der Waals surface area contributed by atoms with E-state index >= 15 is 0 Å². The minimum absolute atomic E-state index is 0.00172. The fourth-order valence-corrected chi connectivity index (χ4v) is 10.2. The predicted molar refractivity (Wildman–Crippen MR) is 288 cm³/mol. The number of hydrogen-bond donors (Lipinski definition) is 11. The van der Waals surface area contributed by atoms with Gasteiger partial charge < -0.3 is 57.7 Å². The number of aliphatic hydroxyl groups excluding tert-OH is 2. The highest BCUT2D eigenvalue weighted by molar-refractivity contribution is 7.81. The van der Waals surface area contributed by atoms with Crippen LogP contribution in [0.15, 0.2) is 60.7 Å². The van der Waals surface area contributed by atoms with Crippen LogP contribution in [0.4, 0.5) is 21.0 Å². The molecule has 3 aromatic rings. The van der Waals surface area contributed by atoms with Crippen LogP contribution in [-0.4, -0.2) is 122 Å². The molecule has 2 aliphatic heterocycles. The summed E-state index contributed by atoms with van der Waals surface area (Å²) < 4.78 is 5.42. The number of benzene rings is 3. The number of fused-ring (bicyclic) bond motifs is 7. The van der Waals surface area contributed by atoms with Crippen LogP contribution in [0.25, 0.3) is 0 Å². The van der Waals surface area contributed by atoms with Gasteiger partial charge in [-0.05, 0) is 97.7 Å². The van der Waals surface area contributed by atoms with Gasteiger partial charge >= 0.3 is 12.1 Å². The topological polar surface area (TPSA) is 325 Å². The number of likely N-dealkylation sites (tertiary alicyclic amines) is 1. The highest BCUT2D eigenvalue weighted by atomic mass is 32.1. The molecule has 0 aromatic heterocycles. The van der Waals surface area contributed by atoms with Gasteiger partial charge in [0.2, 0.25) is 29.5 Å². The Hall–Kier alpha value is -8.18. The molecule has 2 aliphatic carbocycles. The lowest BCUT2D eigenvalue weighted by Crippen LogP contribution is -2.54. The number of urea groups is 1. The molecular formula is C56H62N8O13S. The quantitative estimate of drug-likeness (QED) is 0.0188. The first-order valence-corrected chi connectivity index (χ1v) is 26.1. The van der Waals surface area contributed by atoms with Crippen LogP contribution in [0.3, 0.4) is 0 Å². The van der Waals surface area contributed by atoms with Gasteiger partial charge in [0.05, 0.1) is 34.2 Å². The first kappa shape index (κ1) is 57.5. The van der Waals surface area contributed by atoms with Gasteiger partial charge in [-0.3, -0.25) is 38.5 Å². The molecule has 3 unspecified atom stereocenters. The molecule has 0 spiro atoms. The number of anilines is 2. The third-order valence-corrected chi connectivity index (χ3v) is 14.2. The number of hydrogen-bond acceptors (Lipinski definition) is 15. The summed E-state index contributed by atoms with van der Waals surface area (Å²) in [4.78, 5) is 118. The number of nitrogens with two attached hydrogens (primary N) is 1. The first-order chi connectivity index (χ1) is 37.2. The lowest BCUT2D eigenvalue weighted by atomic mass is 9.69. The highest BCUT2D eigenvalue weighted by Crippen LogP contribution is 2.49. The molecule has 78 heavy (non-hydrogen) atoms. The van der Waals surface area contributed by atoms with E-state index < -0.39 is 88.7 Å². The third kappa shape index (κ3) is 13.7. The molecule has 11 N–H and O–H groups in total. The van der Waals surface area contributed by atoms with Gasteiger partial charge in [0.25, 0.3) is 0 Å². The molecule has 1 saturated heterocycles. The molecule has 21 nitrogen and oxygen atoms in total. The van der Waals surface area contributed by atoms with Crippen molar-refractivity contribution in [1.29, 1.82) is 0 Å². The Morgan fingerprint density at radius 3 is 2.24 bits per heavy atom. The number of alkyl carbamates (subject to hydrolysis) is 1. The molecule has 2 heterocycles. The number of nitrogens with one attached hydrogen (secondary N) is 6.